The van der Waals surface area contributed by atoms with Crippen molar-refractivity contribution in [3.63, 3.8) is 0 Å². The molecule has 0 amide bonds. The minimum Gasteiger partial charge on any atom is -0.454 e. The third-order valence-corrected chi connectivity index (χ3v) is 4.70. The number of aromatic nitrogens is 4. The number of nitrogens with zero attached hydrogens (tertiary/aromatic N) is 4. The Bertz CT molecular complexity index is 957. The number of fused-ring (bicyclic) bond motifs is 2. The average molecular weight is 356 g/mol. The minimum absolute atomic E-state index is 0.227. The lowest BCUT2D eigenvalue weighted by Gasteiger charge is -2.20. The lowest BCUT2D eigenvalue weighted by molar-refractivity contribution is 0.174. The van der Waals surface area contributed by atoms with Crippen LogP contribution in [0.4, 0.5) is 11.5 Å². The van der Waals surface area contributed by atoms with Crippen LogP contribution in [0.15, 0.2) is 41.2 Å². The number of nitrogens with two attached hydrogens (primary N) is 1. The topological polar surface area (TPSA) is 102 Å². The van der Waals surface area contributed by atoms with Gasteiger partial charge in [-0.3, -0.25) is 0 Å². The van der Waals surface area contributed by atoms with Gasteiger partial charge < -0.3 is 25.1 Å². The SMILES string of the molecule is C=CCN(C)c1cc2c(cc1Sc1nc3c(N)ncnc3[nH]1)OCO2. The first kappa shape index (κ1) is 15.6. The molecule has 9 heteroatoms. The van der Waals surface area contributed by atoms with Crippen LogP contribution in [0.5, 0.6) is 11.5 Å². The van der Waals surface area contributed by atoms with Gasteiger partial charge in [-0.15, -0.1) is 6.58 Å². The number of hydrogen-bond acceptors (Lipinski definition) is 8. The average Bonchev–Trinajstić information content (AvgIpc) is 3.21. The summed E-state index contributed by atoms with van der Waals surface area (Å²) in [6.45, 7) is 4.73. The Hall–Kier alpha value is -2.94. The van der Waals surface area contributed by atoms with Crippen molar-refractivity contribution in [1.29, 1.82) is 0 Å². The van der Waals surface area contributed by atoms with Gasteiger partial charge in [0, 0.05) is 30.6 Å². The van der Waals surface area contributed by atoms with Crippen LogP contribution < -0.4 is 20.1 Å². The van der Waals surface area contributed by atoms with E-state index in [-0.39, 0.29) is 6.79 Å². The summed E-state index contributed by atoms with van der Waals surface area (Å²) in [5, 5.41) is 0.675. The first-order valence-corrected chi connectivity index (χ1v) is 8.37. The van der Waals surface area contributed by atoms with E-state index in [0.29, 0.717) is 34.4 Å². The molecule has 25 heavy (non-hydrogen) atoms. The zero-order chi connectivity index (χ0) is 17.4. The Morgan fingerprint density at radius 2 is 2.16 bits per heavy atom. The molecule has 0 radical (unpaired) electrons. The Morgan fingerprint density at radius 1 is 1.36 bits per heavy atom. The van der Waals surface area contributed by atoms with E-state index in [9.17, 15) is 0 Å². The van der Waals surface area contributed by atoms with Gasteiger partial charge in [-0.25, -0.2) is 15.0 Å². The van der Waals surface area contributed by atoms with E-state index in [4.69, 9.17) is 15.2 Å². The fourth-order valence-electron chi connectivity index (χ4n) is 2.56. The smallest absolute Gasteiger partial charge is 0.231 e. The van der Waals surface area contributed by atoms with Crippen LogP contribution in [-0.4, -0.2) is 40.3 Å². The Kier molecular flexibility index (Phi) is 3.85. The molecule has 8 nitrogen and oxygen atoms in total. The number of hydrogen-bond donors (Lipinski definition) is 2. The highest BCUT2D eigenvalue weighted by Gasteiger charge is 2.20. The molecule has 0 spiro atoms. The van der Waals surface area contributed by atoms with Crippen molar-refractivity contribution < 1.29 is 9.47 Å². The molecule has 4 rings (SSSR count). The first-order valence-electron chi connectivity index (χ1n) is 7.55. The monoisotopic (exact) mass is 356 g/mol. The molecule has 0 bridgehead atoms. The number of rotatable bonds is 5. The van der Waals surface area contributed by atoms with Crippen LogP contribution in [0.2, 0.25) is 0 Å². The summed E-state index contributed by atoms with van der Waals surface area (Å²) in [5.41, 5.74) is 8.02. The molecule has 128 valence electrons. The van der Waals surface area contributed by atoms with E-state index < -0.39 is 0 Å². The number of nitrogen functional groups attached to an aromatic ring is 1. The number of nitrogens with one attached hydrogen (secondary N) is 1. The molecule has 1 aliphatic heterocycles. The number of likely N-dealkylation sites (N-methyl/N-ethyl adjacent to an activating group) is 1. The number of H-pyrrole nitrogens is 1. The van der Waals surface area contributed by atoms with Crippen LogP contribution in [0.25, 0.3) is 11.2 Å². The molecule has 3 N–H and O–H groups in total. The lowest BCUT2D eigenvalue weighted by Crippen LogP contribution is -2.17. The molecule has 0 atom stereocenters. The maximum atomic E-state index is 5.86. The van der Waals surface area contributed by atoms with Gasteiger partial charge in [-0.05, 0) is 11.8 Å². The van der Waals surface area contributed by atoms with Gasteiger partial charge in [-0.1, -0.05) is 6.08 Å². The third kappa shape index (κ3) is 2.82. The Labute approximate surface area is 148 Å². The molecule has 0 unspecified atom stereocenters. The highest BCUT2D eigenvalue weighted by Crippen LogP contribution is 2.44. The Balaban J connectivity index is 1.75. The normalized spacial score (nSPS) is 12.5. The zero-order valence-corrected chi connectivity index (χ0v) is 14.3. The summed E-state index contributed by atoms with van der Waals surface area (Å²) >= 11 is 1.47. The van der Waals surface area contributed by atoms with E-state index in [2.05, 4.69) is 31.4 Å². The number of ether oxygens (including phenoxy) is 2. The predicted octanol–water partition coefficient (Wildman–Crippen LogP) is 2.44. The minimum atomic E-state index is 0.227. The summed E-state index contributed by atoms with van der Waals surface area (Å²) in [6.07, 6.45) is 3.25. The van der Waals surface area contributed by atoms with E-state index in [1.807, 2.05) is 25.3 Å². The van der Waals surface area contributed by atoms with E-state index >= 15 is 0 Å². The molecule has 0 aliphatic carbocycles. The van der Waals surface area contributed by atoms with Crippen LogP contribution >= 0.6 is 11.8 Å². The quantitative estimate of drug-likeness (QED) is 0.672. The van der Waals surface area contributed by atoms with Gasteiger partial charge in [0.2, 0.25) is 6.79 Å². The van der Waals surface area contributed by atoms with Crippen molar-refractivity contribution in [2.45, 2.75) is 10.1 Å². The second-order valence-electron chi connectivity index (χ2n) is 5.44. The molecular formula is C16H16N6O2S. The van der Waals surface area contributed by atoms with Crippen LogP contribution in [0, 0.1) is 0 Å². The lowest BCUT2D eigenvalue weighted by atomic mass is 10.2. The van der Waals surface area contributed by atoms with Crippen molar-refractivity contribution >= 4 is 34.4 Å². The third-order valence-electron chi connectivity index (χ3n) is 3.76. The van der Waals surface area contributed by atoms with Crippen LogP contribution in [0.1, 0.15) is 0 Å². The number of benzene rings is 1. The van der Waals surface area contributed by atoms with Gasteiger partial charge in [0.1, 0.15) is 6.33 Å². The molecule has 1 aromatic carbocycles. The second-order valence-corrected chi connectivity index (χ2v) is 6.47. The molecule has 0 saturated carbocycles. The number of imidazole rings is 1. The molecule has 3 aromatic rings. The van der Waals surface area contributed by atoms with Gasteiger partial charge in [0.15, 0.2) is 33.6 Å². The van der Waals surface area contributed by atoms with Crippen LogP contribution in [0.3, 0.4) is 0 Å². The zero-order valence-electron chi connectivity index (χ0n) is 13.5. The van der Waals surface area contributed by atoms with Gasteiger partial charge in [-0.2, -0.15) is 0 Å². The standard InChI is InChI=1S/C16H16N6O2S/c1-3-4-22(2)9-5-10-11(24-8-23-10)6-12(9)25-16-20-13-14(17)18-7-19-15(13)21-16/h3,5-7H,1,4,8H2,2H3,(H3,17,18,19,20,21). The maximum absolute atomic E-state index is 5.86. The first-order chi connectivity index (χ1) is 12.2. The van der Waals surface area contributed by atoms with Crippen molar-refractivity contribution in [1.82, 2.24) is 19.9 Å². The van der Waals surface area contributed by atoms with Crippen LogP contribution in [-0.2, 0) is 0 Å². The highest BCUT2D eigenvalue weighted by molar-refractivity contribution is 7.99. The number of aromatic amines is 1. The summed E-state index contributed by atoms with van der Waals surface area (Å²) in [7, 11) is 1.99. The summed E-state index contributed by atoms with van der Waals surface area (Å²) in [4.78, 5) is 18.8. The van der Waals surface area contributed by atoms with Crippen molar-refractivity contribution in [3.05, 3.63) is 31.1 Å². The van der Waals surface area contributed by atoms with Gasteiger partial charge in [0.05, 0.1) is 5.69 Å². The van der Waals surface area contributed by atoms with E-state index in [0.717, 1.165) is 16.3 Å². The number of anilines is 2. The molecule has 3 heterocycles. The maximum Gasteiger partial charge on any atom is 0.231 e. The van der Waals surface area contributed by atoms with Crippen molar-refractivity contribution in [3.8, 4) is 11.5 Å². The molecule has 0 fully saturated rings. The fourth-order valence-corrected chi connectivity index (χ4v) is 3.54. The summed E-state index contributed by atoms with van der Waals surface area (Å²) in [5.74, 6) is 1.80. The van der Waals surface area contributed by atoms with E-state index in [1.165, 1.54) is 18.1 Å². The predicted molar refractivity (Wildman–Crippen MR) is 96.3 cm³/mol. The molecular weight excluding hydrogens is 340 g/mol. The highest BCUT2D eigenvalue weighted by atomic mass is 32.2. The molecule has 0 saturated heterocycles. The molecule has 2 aromatic heterocycles. The Morgan fingerprint density at radius 3 is 2.92 bits per heavy atom. The van der Waals surface area contributed by atoms with Crippen molar-refractivity contribution in [2.24, 2.45) is 0 Å². The van der Waals surface area contributed by atoms with Crippen molar-refractivity contribution in [2.75, 3.05) is 31.0 Å². The summed E-state index contributed by atoms with van der Waals surface area (Å²) < 4.78 is 11.0. The van der Waals surface area contributed by atoms with Gasteiger partial charge >= 0.3 is 0 Å². The van der Waals surface area contributed by atoms with Gasteiger partial charge in [0.25, 0.3) is 0 Å². The second kappa shape index (κ2) is 6.17. The van der Waals surface area contributed by atoms with E-state index in [1.54, 1.807) is 0 Å². The summed E-state index contributed by atoms with van der Waals surface area (Å²) in [6, 6.07) is 3.91. The largest absolute Gasteiger partial charge is 0.454 e. The fraction of sp³-hybridized carbons (Fsp3) is 0.188. The molecule has 1 aliphatic rings.